The van der Waals surface area contributed by atoms with E-state index in [1.54, 1.807) is 7.11 Å². The number of nitrogens with zero attached hydrogens (tertiary/aromatic N) is 1. The van der Waals surface area contributed by atoms with E-state index in [-0.39, 0.29) is 6.04 Å². The summed E-state index contributed by atoms with van der Waals surface area (Å²) in [4.78, 5) is 1.46. The molecule has 1 heterocycles. The fraction of sp³-hybridized carbons (Fsp3) is 0.571. The molecule has 20 heavy (non-hydrogen) atoms. The number of rotatable bonds is 4. The first-order chi connectivity index (χ1) is 9.46. The van der Waals surface area contributed by atoms with E-state index in [9.17, 15) is 13.2 Å². The Morgan fingerprint density at radius 1 is 1.20 bits per heavy atom. The van der Waals surface area contributed by atoms with Crippen LogP contribution in [0.25, 0.3) is 0 Å². The first kappa shape index (κ1) is 15.0. The molecule has 1 N–H and O–H groups in total. The Labute approximate surface area is 116 Å². The predicted octanol–water partition coefficient (Wildman–Crippen LogP) is 3.13. The van der Waals surface area contributed by atoms with Crippen LogP contribution < -0.4 is 10.1 Å². The lowest BCUT2D eigenvalue weighted by molar-refractivity contribution is -0.147. The van der Waals surface area contributed by atoms with Crippen molar-refractivity contribution < 1.29 is 17.9 Å². The lowest BCUT2D eigenvalue weighted by Gasteiger charge is -2.33. The molecule has 0 unspecified atom stereocenters. The Balaban J connectivity index is 1.79. The van der Waals surface area contributed by atoms with Crippen LogP contribution in [0.5, 0.6) is 5.75 Å². The molecule has 1 aliphatic rings. The molecule has 1 aromatic rings. The summed E-state index contributed by atoms with van der Waals surface area (Å²) < 4.78 is 41.9. The molecule has 2 rings (SSSR count). The van der Waals surface area contributed by atoms with Crippen LogP contribution in [-0.4, -0.2) is 43.9 Å². The molecule has 0 bridgehead atoms. The van der Waals surface area contributed by atoms with Crippen LogP contribution in [-0.2, 0) is 0 Å². The highest BCUT2D eigenvalue weighted by molar-refractivity contribution is 5.47. The quantitative estimate of drug-likeness (QED) is 0.921. The third-order valence-corrected chi connectivity index (χ3v) is 3.45. The number of hydrogen-bond acceptors (Lipinski definition) is 3. The van der Waals surface area contributed by atoms with Gasteiger partial charge >= 0.3 is 6.18 Å². The van der Waals surface area contributed by atoms with E-state index in [1.807, 2.05) is 24.3 Å². The molecular weight excluding hydrogens is 269 g/mol. The minimum atomic E-state index is -4.10. The zero-order valence-corrected chi connectivity index (χ0v) is 11.4. The maximum absolute atomic E-state index is 12.3. The van der Waals surface area contributed by atoms with E-state index in [2.05, 4.69) is 5.32 Å². The maximum atomic E-state index is 12.3. The molecule has 0 aromatic heterocycles. The average Bonchev–Trinajstić information content (AvgIpc) is 2.40. The topological polar surface area (TPSA) is 24.5 Å². The second-order valence-electron chi connectivity index (χ2n) is 5.04. The molecule has 1 saturated heterocycles. The van der Waals surface area contributed by atoms with E-state index >= 15 is 0 Å². The Morgan fingerprint density at radius 2 is 1.80 bits per heavy atom. The van der Waals surface area contributed by atoms with Crippen LogP contribution in [0.3, 0.4) is 0 Å². The van der Waals surface area contributed by atoms with Crippen LogP contribution in [0.15, 0.2) is 24.3 Å². The van der Waals surface area contributed by atoms with E-state index in [0.29, 0.717) is 13.1 Å². The molecule has 1 aromatic carbocycles. The van der Waals surface area contributed by atoms with Gasteiger partial charge in [0.25, 0.3) is 0 Å². The van der Waals surface area contributed by atoms with Crippen molar-refractivity contribution in [1.29, 1.82) is 0 Å². The van der Waals surface area contributed by atoms with Gasteiger partial charge in [0.15, 0.2) is 0 Å². The molecule has 0 radical (unpaired) electrons. The molecule has 112 valence electrons. The van der Waals surface area contributed by atoms with Gasteiger partial charge in [0.2, 0.25) is 0 Å². The Hall–Kier alpha value is -1.43. The summed E-state index contributed by atoms with van der Waals surface area (Å²) in [6.45, 7) is 0.156. The molecule has 0 saturated carbocycles. The molecule has 1 fully saturated rings. The maximum Gasteiger partial charge on any atom is 0.401 e. The molecular formula is C14H19F3N2O. The summed E-state index contributed by atoms with van der Waals surface area (Å²) in [6.07, 6.45) is -2.65. The van der Waals surface area contributed by atoms with Crippen molar-refractivity contribution in [3.63, 3.8) is 0 Å². The van der Waals surface area contributed by atoms with E-state index in [1.165, 1.54) is 4.90 Å². The predicted molar refractivity (Wildman–Crippen MR) is 72.1 cm³/mol. The van der Waals surface area contributed by atoms with Crippen LogP contribution in [0.4, 0.5) is 18.9 Å². The van der Waals surface area contributed by atoms with Crippen molar-refractivity contribution in [3.8, 4) is 5.75 Å². The Kier molecular flexibility index (Phi) is 4.75. The standard InChI is InChI=1S/C14H19F3N2O/c1-20-13-4-2-11(3-5-13)18-12-6-8-19(9-7-12)10-14(15,16)17/h2-5,12,18H,6-10H2,1H3. The SMILES string of the molecule is COc1ccc(NC2CCN(CC(F)(F)F)CC2)cc1. The highest BCUT2D eigenvalue weighted by atomic mass is 19.4. The Bertz CT molecular complexity index is 411. The molecule has 6 heteroatoms. The summed E-state index contributed by atoms with van der Waals surface area (Å²) in [5, 5.41) is 3.35. The number of benzene rings is 1. The number of nitrogens with one attached hydrogen (secondary N) is 1. The molecule has 3 nitrogen and oxygen atoms in total. The monoisotopic (exact) mass is 288 g/mol. The average molecular weight is 288 g/mol. The van der Waals surface area contributed by atoms with Crippen LogP contribution in [0.1, 0.15) is 12.8 Å². The van der Waals surface area contributed by atoms with Crippen molar-refractivity contribution in [2.45, 2.75) is 25.1 Å². The zero-order chi connectivity index (χ0) is 14.6. The number of alkyl halides is 3. The van der Waals surface area contributed by atoms with Gasteiger partial charge in [0.05, 0.1) is 13.7 Å². The summed E-state index contributed by atoms with van der Waals surface area (Å²) in [7, 11) is 1.61. The van der Waals surface area contributed by atoms with Gasteiger partial charge in [-0.2, -0.15) is 13.2 Å². The van der Waals surface area contributed by atoms with Gasteiger partial charge in [-0.25, -0.2) is 0 Å². The van der Waals surface area contributed by atoms with Gasteiger partial charge in [0, 0.05) is 24.8 Å². The molecule has 0 aliphatic carbocycles. The van der Waals surface area contributed by atoms with Crippen molar-refractivity contribution >= 4 is 5.69 Å². The van der Waals surface area contributed by atoms with Crippen molar-refractivity contribution in [1.82, 2.24) is 4.90 Å². The minimum Gasteiger partial charge on any atom is -0.497 e. The largest absolute Gasteiger partial charge is 0.497 e. The fourth-order valence-electron chi connectivity index (χ4n) is 2.41. The van der Waals surface area contributed by atoms with Gasteiger partial charge in [-0.05, 0) is 37.1 Å². The van der Waals surface area contributed by atoms with Gasteiger partial charge < -0.3 is 10.1 Å². The zero-order valence-electron chi connectivity index (χ0n) is 11.4. The summed E-state index contributed by atoms with van der Waals surface area (Å²) in [5.74, 6) is 0.788. The number of halogens is 3. The van der Waals surface area contributed by atoms with Gasteiger partial charge in [0.1, 0.15) is 5.75 Å². The van der Waals surface area contributed by atoms with E-state index in [0.717, 1.165) is 24.3 Å². The number of likely N-dealkylation sites (tertiary alicyclic amines) is 1. The van der Waals surface area contributed by atoms with Crippen LogP contribution in [0.2, 0.25) is 0 Å². The van der Waals surface area contributed by atoms with Gasteiger partial charge in [-0.3, -0.25) is 4.90 Å². The third kappa shape index (κ3) is 4.59. The summed E-state index contributed by atoms with van der Waals surface area (Å²) >= 11 is 0. The molecule has 1 aliphatic heterocycles. The molecule has 0 atom stereocenters. The van der Waals surface area contributed by atoms with Gasteiger partial charge in [-0.15, -0.1) is 0 Å². The van der Waals surface area contributed by atoms with E-state index in [4.69, 9.17) is 4.74 Å². The molecule has 0 amide bonds. The number of methoxy groups -OCH3 is 1. The number of piperidine rings is 1. The third-order valence-electron chi connectivity index (χ3n) is 3.45. The summed E-state index contributed by atoms with van der Waals surface area (Å²) in [6, 6.07) is 7.79. The van der Waals surface area contributed by atoms with E-state index < -0.39 is 12.7 Å². The number of ether oxygens (including phenoxy) is 1. The first-order valence-corrected chi connectivity index (χ1v) is 6.66. The lowest BCUT2D eigenvalue weighted by atomic mass is 10.0. The van der Waals surface area contributed by atoms with Crippen LogP contribution in [0, 0.1) is 0 Å². The highest BCUT2D eigenvalue weighted by Crippen LogP contribution is 2.22. The normalized spacial score (nSPS) is 18.0. The van der Waals surface area contributed by atoms with Crippen LogP contribution >= 0.6 is 0 Å². The fourth-order valence-corrected chi connectivity index (χ4v) is 2.41. The Morgan fingerprint density at radius 3 is 2.30 bits per heavy atom. The lowest BCUT2D eigenvalue weighted by Crippen LogP contribution is -2.43. The first-order valence-electron chi connectivity index (χ1n) is 6.66. The smallest absolute Gasteiger partial charge is 0.401 e. The number of anilines is 1. The minimum absolute atomic E-state index is 0.230. The summed E-state index contributed by atoms with van der Waals surface area (Å²) in [5.41, 5.74) is 0.972. The highest BCUT2D eigenvalue weighted by Gasteiger charge is 2.32. The number of hydrogen-bond donors (Lipinski definition) is 1. The molecule has 0 spiro atoms. The van der Waals surface area contributed by atoms with Gasteiger partial charge in [-0.1, -0.05) is 0 Å². The second-order valence-corrected chi connectivity index (χ2v) is 5.04. The second kappa shape index (κ2) is 6.35. The van der Waals surface area contributed by atoms with Crippen molar-refractivity contribution in [2.24, 2.45) is 0 Å². The van der Waals surface area contributed by atoms with Crippen molar-refractivity contribution in [2.75, 3.05) is 32.1 Å². The van der Waals surface area contributed by atoms with Crippen molar-refractivity contribution in [3.05, 3.63) is 24.3 Å².